The summed E-state index contributed by atoms with van der Waals surface area (Å²) in [5, 5.41) is 25.0. The number of nitrogens with one attached hydrogen (secondary N) is 2. The number of piperazine rings is 1. The number of anilines is 3. The molecule has 1 unspecified atom stereocenters. The molecule has 4 saturated heterocycles. The number of aromatic hydroxyl groups is 1. The Labute approximate surface area is 326 Å². The van der Waals surface area contributed by atoms with E-state index >= 15 is 0 Å². The number of para-hydroxylation sites is 1. The van der Waals surface area contributed by atoms with Gasteiger partial charge in [0.25, 0.3) is 11.8 Å². The van der Waals surface area contributed by atoms with Gasteiger partial charge >= 0.3 is 0 Å². The standard InChI is InChI=1S/C41H50N10O5/c1-46(26-12-16-48(17-13-26)28-6-7-30-32(22-28)41(56)51(40(30)55)34-8-9-37(53)43-39(34)54)18-19-47-14-10-27(11-15-47)49-20-21-50-29(25-49)24-42-38-35(50)23-33(44-45-38)31-4-2-3-5-36(31)52/h2-7,22-23,26-27,29,34,52H,8-21,24-25H2,1H3,(H,42,45)(H,43,53,54)/t29-,34?/m0/s1. The second-order valence-electron chi connectivity index (χ2n) is 16.2. The van der Waals surface area contributed by atoms with Crippen LogP contribution in [0.3, 0.4) is 0 Å². The number of phenolic OH excluding ortho intramolecular Hbond substituents is 1. The van der Waals surface area contributed by atoms with Crippen LogP contribution in [0.25, 0.3) is 11.3 Å². The Kier molecular flexibility index (Phi) is 9.84. The van der Waals surface area contributed by atoms with Crippen molar-refractivity contribution in [3.05, 3.63) is 59.7 Å². The minimum atomic E-state index is -0.958. The second-order valence-corrected chi connectivity index (χ2v) is 16.2. The first kappa shape index (κ1) is 36.5. The Morgan fingerprint density at radius 2 is 1.61 bits per heavy atom. The molecular formula is C41H50N10O5. The number of rotatable bonds is 8. The van der Waals surface area contributed by atoms with Crippen LogP contribution in [0.1, 0.15) is 59.2 Å². The Morgan fingerprint density at radius 1 is 0.821 bits per heavy atom. The number of carbonyl (C=O) groups excluding carboxylic acids is 4. The van der Waals surface area contributed by atoms with Crippen LogP contribution in [-0.2, 0) is 9.59 Å². The van der Waals surface area contributed by atoms with Gasteiger partial charge in [0, 0.05) is 82.1 Å². The SMILES string of the molecule is CN(CCN1CCC(N2CCN3c4cc(-c5ccccc5O)nnc4NC[C@H]3C2)CC1)C1CCN(c2ccc3c(c2)C(=O)N(C2CCC(=O)NC2=O)C3=O)CC1. The van der Waals surface area contributed by atoms with E-state index in [0.29, 0.717) is 40.5 Å². The highest BCUT2D eigenvalue weighted by Crippen LogP contribution is 2.37. The van der Waals surface area contributed by atoms with Crippen molar-refractivity contribution in [3.8, 4) is 17.0 Å². The largest absolute Gasteiger partial charge is 0.507 e. The molecule has 6 aliphatic heterocycles. The first-order chi connectivity index (χ1) is 27.2. The van der Waals surface area contributed by atoms with Gasteiger partial charge in [0.2, 0.25) is 11.8 Å². The summed E-state index contributed by atoms with van der Waals surface area (Å²) in [6.07, 6.45) is 4.65. The Hall–Kier alpha value is -5.12. The van der Waals surface area contributed by atoms with E-state index in [1.54, 1.807) is 18.2 Å². The quantitative estimate of drug-likeness (QED) is 0.288. The van der Waals surface area contributed by atoms with Crippen molar-refractivity contribution in [2.45, 2.75) is 62.7 Å². The van der Waals surface area contributed by atoms with Crippen LogP contribution in [0.2, 0.25) is 0 Å². The van der Waals surface area contributed by atoms with Gasteiger partial charge in [0.15, 0.2) is 5.82 Å². The number of aromatic nitrogens is 2. The molecule has 56 heavy (non-hydrogen) atoms. The third-order valence-corrected chi connectivity index (χ3v) is 13.0. The number of benzene rings is 2. The van der Waals surface area contributed by atoms with Crippen molar-refractivity contribution in [3.63, 3.8) is 0 Å². The zero-order valence-electron chi connectivity index (χ0n) is 31.9. The number of nitrogens with zero attached hydrogens (tertiary/aromatic N) is 8. The summed E-state index contributed by atoms with van der Waals surface area (Å²) in [4.78, 5) is 64.2. The van der Waals surface area contributed by atoms with Gasteiger partial charge in [-0.25, -0.2) is 0 Å². The average Bonchev–Trinajstić information content (AvgIpc) is 3.47. The fourth-order valence-corrected chi connectivity index (χ4v) is 9.68. The molecule has 4 fully saturated rings. The van der Waals surface area contributed by atoms with Gasteiger partial charge in [-0.05, 0) is 88.6 Å². The lowest BCUT2D eigenvalue weighted by molar-refractivity contribution is -0.136. The van der Waals surface area contributed by atoms with Gasteiger partial charge in [-0.2, -0.15) is 0 Å². The highest BCUT2D eigenvalue weighted by atomic mass is 16.3. The van der Waals surface area contributed by atoms with Gasteiger partial charge < -0.3 is 30.0 Å². The van der Waals surface area contributed by atoms with Crippen molar-refractivity contribution in [2.75, 3.05) is 87.6 Å². The maximum Gasteiger partial charge on any atom is 0.262 e. The Bertz CT molecular complexity index is 2030. The molecule has 15 nitrogen and oxygen atoms in total. The highest BCUT2D eigenvalue weighted by Gasteiger charge is 2.45. The molecule has 1 aromatic heterocycles. The minimum Gasteiger partial charge on any atom is -0.507 e. The van der Waals surface area contributed by atoms with Crippen LogP contribution in [0.15, 0.2) is 48.5 Å². The van der Waals surface area contributed by atoms with Crippen molar-refractivity contribution < 1.29 is 24.3 Å². The third-order valence-electron chi connectivity index (χ3n) is 13.0. The lowest BCUT2D eigenvalue weighted by atomic mass is 9.99. The van der Waals surface area contributed by atoms with E-state index in [2.05, 4.69) is 58.4 Å². The van der Waals surface area contributed by atoms with Gasteiger partial charge in [-0.1, -0.05) is 12.1 Å². The molecule has 6 aliphatic rings. The third kappa shape index (κ3) is 6.85. The number of carbonyl (C=O) groups is 4. The first-order valence-corrected chi connectivity index (χ1v) is 20.2. The van der Waals surface area contributed by atoms with E-state index in [9.17, 15) is 24.3 Å². The zero-order chi connectivity index (χ0) is 38.5. The number of hydrogen-bond donors (Lipinski definition) is 3. The number of piperidine rings is 3. The molecule has 2 aromatic carbocycles. The van der Waals surface area contributed by atoms with Crippen LogP contribution in [-0.4, -0.2) is 155 Å². The van der Waals surface area contributed by atoms with Crippen molar-refractivity contribution in [1.82, 2.24) is 35.1 Å². The average molecular weight is 763 g/mol. The monoisotopic (exact) mass is 762 g/mol. The number of fused-ring (bicyclic) bond motifs is 4. The van der Waals surface area contributed by atoms with Crippen molar-refractivity contribution in [1.29, 1.82) is 0 Å². The molecule has 0 bridgehead atoms. The van der Waals surface area contributed by atoms with E-state index in [4.69, 9.17) is 0 Å². The molecule has 9 rings (SSSR count). The van der Waals surface area contributed by atoms with Crippen molar-refractivity contribution >= 4 is 40.8 Å². The maximum absolute atomic E-state index is 13.3. The summed E-state index contributed by atoms with van der Waals surface area (Å²) in [5.41, 5.74) is 4.01. The van der Waals surface area contributed by atoms with E-state index in [1.807, 2.05) is 24.3 Å². The van der Waals surface area contributed by atoms with E-state index in [1.165, 1.54) is 12.8 Å². The summed E-state index contributed by atoms with van der Waals surface area (Å²) in [6, 6.07) is 15.2. The maximum atomic E-state index is 13.3. The number of phenols is 1. The number of hydrogen-bond acceptors (Lipinski definition) is 13. The van der Waals surface area contributed by atoms with Crippen LogP contribution < -0.4 is 20.4 Å². The second kappa shape index (κ2) is 15.1. The van der Waals surface area contributed by atoms with Gasteiger partial charge in [-0.15, -0.1) is 10.2 Å². The fourth-order valence-electron chi connectivity index (χ4n) is 9.68. The summed E-state index contributed by atoms with van der Waals surface area (Å²) < 4.78 is 0. The molecule has 0 saturated carbocycles. The van der Waals surface area contributed by atoms with E-state index in [0.717, 1.165) is 100 Å². The molecule has 7 heterocycles. The molecule has 294 valence electrons. The highest BCUT2D eigenvalue weighted by molar-refractivity contribution is 6.23. The predicted octanol–water partition coefficient (Wildman–Crippen LogP) is 2.23. The zero-order valence-corrected chi connectivity index (χ0v) is 31.9. The summed E-state index contributed by atoms with van der Waals surface area (Å²) in [5.74, 6) is -0.886. The van der Waals surface area contributed by atoms with E-state index < -0.39 is 23.8 Å². The lowest BCUT2D eigenvalue weighted by Crippen LogP contribution is -2.61. The molecular weight excluding hydrogens is 713 g/mol. The number of likely N-dealkylation sites (tertiary alicyclic amines) is 1. The fraction of sp³-hybridized carbons (Fsp3) is 0.512. The van der Waals surface area contributed by atoms with Gasteiger partial charge in [0.1, 0.15) is 11.8 Å². The van der Waals surface area contributed by atoms with Crippen molar-refractivity contribution in [2.24, 2.45) is 0 Å². The summed E-state index contributed by atoms with van der Waals surface area (Å²) in [7, 11) is 2.24. The normalized spacial score (nSPS) is 23.9. The smallest absolute Gasteiger partial charge is 0.262 e. The van der Waals surface area contributed by atoms with Crippen LogP contribution in [0.4, 0.5) is 17.2 Å². The minimum absolute atomic E-state index is 0.104. The lowest BCUT2D eigenvalue weighted by Gasteiger charge is -2.49. The van der Waals surface area contributed by atoms with Gasteiger partial charge in [0.05, 0.1) is 28.6 Å². The molecule has 0 aliphatic carbocycles. The number of imide groups is 2. The van der Waals surface area contributed by atoms with Crippen LogP contribution >= 0.6 is 0 Å². The topological polar surface area (TPSA) is 158 Å². The van der Waals surface area contributed by atoms with Gasteiger partial charge in [-0.3, -0.25) is 34.3 Å². The molecule has 4 amide bonds. The number of amides is 4. The van der Waals surface area contributed by atoms with Crippen LogP contribution in [0.5, 0.6) is 5.75 Å². The molecule has 2 atom stereocenters. The molecule has 3 N–H and O–H groups in total. The van der Waals surface area contributed by atoms with E-state index in [-0.39, 0.29) is 24.5 Å². The van der Waals surface area contributed by atoms with Crippen LogP contribution in [0, 0.1) is 0 Å². The molecule has 15 heteroatoms. The summed E-state index contributed by atoms with van der Waals surface area (Å²) in [6.45, 7) is 9.87. The molecule has 0 radical (unpaired) electrons. The summed E-state index contributed by atoms with van der Waals surface area (Å²) >= 11 is 0. The predicted molar refractivity (Wildman–Crippen MR) is 211 cm³/mol. The molecule has 3 aromatic rings. The molecule has 0 spiro atoms. The Morgan fingerprint density at radius 3 is 2.39 bits per heavy atom. The first-order valence-electron chi connectivity index (χ1n) is 20.2. The Balaban J connectivity index is 0.724. The number of likely N-dealkylation sites (N-methyl/N-ethyl adjacent to an activating group) is 1.